The molecule has 0 fully saturated rings. The van der Waals surface area contributed by atoms with E-state index in [2.05, 4.69) is 18.7 Å². The van der Waals surface area contributed by atoms with Crippen molar-refractivity contribution >= 4 is 12.2 Å². The summed E-state index contributed by atoms with van der Waals surface area (Å²) >= 11 is 0. The van der Waals surface area contributed by atoms with Crippen molar-refractivity contribution in [2.45, 2.75) is 26.8 Å². The maximum Gasteiger partial charge on any atom is 0.298 e. The van der Waals surface area contributed by atoms with E-state index in [9.17, 15) is 4.79 Å². The van der Waals surface area contributed by atoms with Gasteiger partial charge < -0.3 is 9.64 Å². The lowest BCUT2D eigenvalue weighted by Crippen LogP contribution is -2.26. The highest BCUT2D eigenvalue weighted by atomic mass is 16.5. The van der Waals surface area contributed by atoms with E-state index in [1.165, 1.54) is 0 Å². The molecule has 0 atom stereocenters. The Labute approximate surface area is 90.7 Å². The molecule has 1 aromatic carbocycles. The minimum atomic E-state index is 0.445. The van der Waals surface area contributed by atoms with E-state index in [0.717, 1.165) is 11.3 Å². The highest BCUT2D eigenvalue weighted by molar-refractivity contribution is 5.57. The molecule has 3 nitrogen and oxygen atoms in total. The molecule has 0 aliphatic rings. The van der Waals surface area contributed by atoms with Crippen LogP contribution in [0.5, 0.6) is 5.75 Å². The summed E-state index contributed by atoms with van der Waals surface area (Å²) in [5, 5.41) is 0. The summed E-state index contributed by atoms with van der Waals surface area (Å²) in [5.41, 5.74) is 2.26. The summed E-state index contributed by atoms with van der Waals surface area (Å²) in [7, 11) is 2.05. The Balaban J connectivity index is 2.97. The van der Waals surface area contributed by atoms with Gasteiger partial charge in [-0.05, 0) is 44.5 Å². The SMILES string of the molecule is Cc1cc(OC=O)ccc1N(C)C(C)C. The number of carbonyl (C=O) groups is 1. The fourth-order valence-electron chi connectivity index (χ4n) is 1.43. The van der Waals surface area contributed by atoms with Crippen molar-refractivity contribution in [3.8, 4) is 5.75 Å². The monoisotopic (exact) mass is 207 g/mol. The van der Waals surface area contributed by atoms with Gasteiger partial charge in [0.15, 0.2) is 0 Å². The van der Waals surface area contributed by atoms with E-state index in [4.69, 9.17) is 4.74 Å². The molecule has 0 aromatic heterocycles. The van der Waals surface area contributed by atoms with Crippen molar-refractivity contribution in [1.82, 2.24) is 0 Å². The zero-order valence-electron chi connectivity index (χ0n) is 9.65. The third-order valence-corrected chi connectivity index (χ3v) is 2.51. The summed E-state index contributed by atoms with van der Waals surface area (Å²) in [6.45, 7) is 6.72. The first kappa shape index (κ1) is 11.6. The summed E-state index contributed by atoms with van der Waals surface area (Å²) in [4.78, 5) is 12.4. The van der Waals surface area contributed by atoms with Gasteiger partial charge in [-0.2, -0.15) is 0 Å². The summed E-state index contributed by atoms with van der Waals surface area (Å²) in [6.07, 6.45) is 0. The highest BCUT2D eigenvalue weighted by Crippen LogP contribution is 2.24. The number of hydrogen-bond donors (Lipinski definition) is 0. The predicted octanol–water partition coefficient (Wildman–Crippen LogP) is 2.37. The second-order valence-electron chi connectivity index (χ2n) is 3.87. The molecule has 1 aromatic rings. The largest absolute Gasteiger partial charge is 0.429 e. The van der Waals surface area contributed by atoms with Crippen molar-refractivity contribution in [2.75, 3.05) is 11.9 Å². The molecule has 0 heterocycles. The second kappa shape index (κ2) is 4.82. The standard InChI is InChI=1S/C12H17NO2/c1-9(2)13(4)12-6-5-11(15-8-14)7-10(12)3/h5-9H,1-4H3. The van der Waals surface area contributed by atoms with Crippen molar-refractivity contribution in [3.05, 3.63) is 23.8 Å². The summed E-state index contributed by atoms with van der Waals surface area (Å²) in [6, 6.07) is 6.08. The minimum Gasteiger partial charge on any atom is -0.429 e. The van der Waals surface area contributed by atoms with Crippen LogP contribution in [0.3, 0.4) is 0 Å². The lowest BCUT2D eigenvalue weighted by Gasteiger charge is -2.25. The predicted molar refractivity (Wildman–Crippen MR) is 61.4 cm³/mol. The average Bonchev–Trinajstić information content (AvgIpc) is 2.17. The van der Waals surface area contributed by atoms with Crippen LogP contribution in [-0.2, 0) is 4.79 Å². The fourth-order valence-corrected chi connectivity index (χ4v) is 1.43. The Morgan fingerprint density at radius 3 is 2.53 bits per heavy atom. The van der Waals surface area contributed by atoms with Crippen LogP contribution in [0.15, 0.2) is 18.2 Å². The van der Waals surface area contributed by atoms with Gasteiger partial charge in [0.1, 0.15) is 5.75 Å². The number of ether oxygens (including phenoxy) is 1. The van der Waals surface area contributed by atoms with Gasteiger partial charge in [-0.3, -0.25) is 4.79 Å². The summed E-state index contributed by atoms with van der Waals surface area (Å²) < 4.78 is 4.78. The molecule has 0 aliphatic heterocycles. The third kappa shape index (κ3) is 2.72. The van der Waals surface area contributed by atoms with Crippen molar-refractivity contribution in [1.29, 1.82) is 0 Å². The van der Waals surface area contributed by atoms with E-state index in [1.807, 2.05) is 26.1 Å². The van der Waals surface area contributed by atoms with Crippen LogP contribution < -0.4 is 9.64 Å². The second-order valence-corrected chi connectivity index (χ2v) is 3.87. The molecule has 0 aliphatic carbocycles. The van der Waals surface area contributed by atoms with Crippen LogP contribution in [0.4, 0.5) is 5.69 Å². The average molecular weight is 207 g/mol. The molecule has 0 unspecified atom stereocenters. The van der Waals surface area contributed by atoms with Crippen LogP contribution in [0.25, 0.3) is 0 Å². The van der Waals surface area contributed by atoms with E-state index >= 15 is 0 Å². The lowest BCUT2D eigenvalue weighted by molar-refractivity contribution is -0.120. The summed E-state index contributed by atoms with van der Waals surface area (Å²) in [5.74, 6) is 0.586. The Morgan fingerprint density at radius 2 is 2.07 bits per heavy atom. The zero-order valence-corrected chi connectivity index (χ0v) is 9.65. The van der Waals surface area contributed by atoms with E-state index < -0.39 is 0 Å². The van der Waals surface area contributed by atoms with E-state index in [-0.39, 0.29) is 0 Å². The molecule has 3 heteroatoms. The van der Waals surface area contributed by atoms with E-state index in [0.29, 0.717) is 18.3 Å². The van der Waals surface area contributed by atoms with Crippen molar-refractivity contribution in [3.63, 3.8) is 0 Å². The normalized spacial score (nSPS) is 10.2. The quantitative estimate of drug-likeness (QED) is 0.710. The third-order valence-electron chi connectivity index (χ3n) is 2.51. The minimum absolute atomic E-state index is 0.445. The molecule has 0 spiro atoms. The number of benzene rings is 1. The molecule has 1 rings (SSSR count). The van der Waals surface area contributed by atoms with Gasteiger partial charge in [0, 0.05) is 18.8 Å². The topological polar surface area (TPSA) is 29.5 Å². The van der Waals surface area contributed by atoms with E-state index in [1.54, 1.807) is 6.07 Å². The molecule has 0 saturated carbocycles. The fraction of sp³-hybridized carbons (Fsp3) is 0.417. The molecule has 0 bridgehead atoms. The van der Waals surface area contributed by atoms with Crippen molar-refractivity contribution < 1.29 is 9.53 Å². The van der Waals surface area contributed by atoms with Gasteiger partial charge in [-0.15, -0.1) is 0 Å². The number of anilines is 1. The number of hydrogen-bond acceptors (Lipinski definition) is 3. The number of rotatable bonds is 4. The van der Waals surface area contributed by atoms with Gasteiger partial charge in [-0.25, -0.2) is 0 Å². The number of aryl methyl sites for hydroxylation is 1. The van der Waals surface area contributed by atoms with Crippen LogP contribution >= 0.6 is 0 Å². The Hall–Kier alpha value is -1.51. The van der Waals surface area contributed by atoms with Gasteiger partial charge in [0.2, 0.25) is 0 Å². The van der Waals surface area contributed by atoms with Gasteiger partial charge in [0.25, 0.3) is 6.47 Å². The van der Waals surface area contributed by atoms with Gasteiger partial charge in [-0.1, -0.05) is 0 Å². The highest BCUT2D eigenvalue weighted by Gasteiger charge is 2.08. The number of carbonyl (C=O) groups excluding carboxylic acids is 1. The first-order valence-electron chi connectivity index (χ1n) is 5.00. The van der Waals surface area contributed by atoms with Crippen LogP contribution in [0, 0.1) is 6.92 Å². The Morgan fingerprint density at radius 1 is 1.40 bits per heavy atom. The first-order valence-corrected chi connectivity index (χ1v) is 5.00. The smallest absolute Gasteiger partial charge is 0.298 e. The van der Waals surface area contributed by atoms with Gasteiger partial charge >= 0.3 is 0 Å². The molecule has 82 valence electrons. The maximum absolute atomic E-state index is 10.2. The Kier molecular flexibility index (Phi) is 3.72. The van der Waals surface area contributed by atoms with Crippen molar-refractivity contribution in [2.24, 2.45) is 0 Å². The lowest BCUT2D eigenvalue weighted by atomic mass is 10.1. The molecule has 0 N–H and O–H groups in total. The molecule has 0 amide bonds. The molecule has 0 saturated heterocycles. The zero-order chi connectivity index (χ0) is 11.4. The molecule has 15 heavy (non-hydrogen) atoms. The molecular weight excluding hydrogens is 190 g/mol. The van der Waals surface area contributed by atoms with Crippen LogP contribution in [0.1, 0.15) is 19.4 Å². The Bertz CT molecular complexity index is 347. The maximum atomic E-state index is 10.2. The van der Waals surface area contributed by atoms with Crippen LogP contribution in [-0.4, -0.2) is 19.6 Å². The molecule has 0 radical (unpaired) electrons. The van der Waals surface area contributed by atoms with Gasteiger partial charge in [0.05, 0.1) is 0 Å². The molecular formula is C12H17NO2. The number of nitrogens with zero attached hydrogens (tertiary/aromatic N) is 1. The first-order chi connectivity index (χ1) is 7.06. The van der Waals surface area contributed by atoms with Crippen LogP contribution in [0.2, 0.25) is 0 Å².